The maximum atomic E-state index is 12.3. The molecule has 2 atom stereocenters. The molecule has 1 aliphatic heterocycles. The smallest absolute Gasteiger partial charge is 0.227 e. The van der Waals surface area contributed by atoms with E-state index in [1.165, 1.54) is 0 Å². The summed E-state index contributed by atoms with van der Waals surface area (Å²) in [6, 6.07) is 7.59. The fourth-order valence-electron chi connectivity index (χ4n) is 2.24. The van der Waals surface area contributed by atoms with Crippen LogP contribution in [0.2, 0.25) is 5.02 Å². The predicted octanol–water partition coefficient (Wildman–Crippen LogP) is 2.52. The molecule has 0 aliphatic carbocycles. The Balaban J connectivity index is 2.03. The molecule has 0 aromatic heterocycles. The lowest BCUT2D eigenvalue weighted by atomic mass is 9.88. The van der Waals surface area contributed by atoms with Crippen molar-refractivity contribution in [3.63, 3.8) is 0 Å². The minimum atomic E-state index is -0.285. The summed E-state index contributed by atoms with van der Waals surface area (Å²) >= 11 is 5.96. The number of carbonyl (C=O) groups excluding carboxylic acids is 1. The number of hydrogen-bond donors (Lipinski definition) is 2. The first-order valence-electron chi connectivity index (χ1n) is 6.28. The van der Waals surface area contributed by atoms with Crippen LogP contribution in [0.25, 0.3) is 0 Å². The van der Waals surface area contributed by atoms with Crippen LogP contribution in [0.5, 0.6) is 0 Å². The first-order chi connectivity index (χ1) is 8.51. The second-order valence-electron chi connectivity index (χ2n) is 5.24. The van der Waals surface area contributed by atoms with Crippen LogP contribution in [0.1, 0.15) is 31.9 Å². The highest BCUT2D eigenvalue weighted by Gasteiger charge is 2.36. The topological polar surface area (TPSA) is 41.1 Å². The summed E-state index contributed by atoms with van der Waals surface area (Å²) < 4.78 is 0. The highest BCUT2D eigenvalue weighted by molar-refractivity contribution is 6.30. The maximum Gasteiger partial charge on any atom is 0.227 e. The van der Waals surface area contributed by atoms with Crippen molar-refractivity contribution in [2.24, 2.45) is 5.41 Å². The minimum absolute atomic E-state index is 0.0198. The van der Waals surface area contributed by atoms with Crippen LogP contribution in [0.15, 0.2) is 24.3 Å². The Hall–Kier alpha value is -1.06. The number of benzene rings is 1. The van der Waals surface area contributed by atoms with Crippen molar-refractivity contribution >= 4 is 17.5 Å². The first-order valence-corrected chi connectivity index (χ1v) is 6.66. The van der Waals surface area contributed by atoms with Crippen LogP contribution in [0.4, 0.5) is 0 Å². The van der Waals surface area contributed by atoms with Gasteiger partial charge >= 0.3 is 0 Å². The molecule has 2 rings (SSSR count). The Morgan fingerprint density at radius 3 is 2.94 bits per heavy atom. The average Bonchev–Trinajstić information content (AvgIpc) is 2.77. The van der Waals surface area contributed by atoms with E-state index in [0.29, 0.717) is 5.02 Å². The fourth-order valence-corrected chi connectivity index (χ4v) is 2.44. The van der Waals surface area contributed by atoms with Crippen molar-refractivity contribution in [2.45, 2.75) is 26.3 Å². The van der Waals surface area contributed by atoms with Crippen molar-refractivity contribution in [3.05, 3.63) is 34.9 Å². The van der Waals surface area contributed by atoms with Gasteiger partial charge in [-0.3, -0.25) is 4.79 Å². The molecule has 2 unspecified atom stereocenters. The second kappa shape index (κ2) is 5.29. The molecular formula is C14H19ClN2O. The van der Waals surface area contributed by atoms with Crippen molar-refractivity contribution in [1.29, 1.82) is 0 Å². The van der Waals surface area contributed by atoms with Crippen molar-refractivity contribution < 1.29 is 4.79 Å². The number of nitrogens with one attached hydrogen (secondary N) is 2. The molecule has 1 aromatic carbocycles. The molecule has 1 aliphatic rings. The van der Waals surface area contributed by atoms with Crippen LogP contribution in [0, 0.1) is 5.41 Å². The molecule has 1 amide bonds. The van der Waals surface area contributed by atoms with Crippen molar-refractivity contribution in [3.8, 4) is 0 Å². The lowest BCUT2D eigenvalue weighted by molar-refractivity contribution is -0.129. The summed E-state index contributed by atoms with van der Waals surface area (Å²) in [5.41, 5.74) is 0.748. The third kappa shape index (κ3) is 2.85. The maximum absolute atomic E-state index is 12.3. The van der Waals surface area contributed by atoms with Gasteiger partial charge in [-0.25, -0.2) is 0 Å². The molecule has 0 bridgehead atoms. The van der Waals surface area contributed by atoms with Gasteiger partial charge in [-0.2, -0.15) is 0 Å². The Morgan fingerprint density at radius 1 is 1.56 bits per heavy atom. The van der Waals surface area contributed by atoms with Gasteiger partial charge < -0.3 is 10.6 Å². The quantitative estimate of drug-likeness (QED) is 0.883. The predicted molar refractivity (Wildman–Crippen MR) is 73.6 cm³/mol. The summed E-state index contributed by atoms with van der Waals surface area (Å²) in [6.07, 6.45) is 0.890. The number of halogens is 1. The lowest BCUT2D eigenvalue weighted by Crippen LogP contribution is -2.41. The molecule has 18 heavy (non-hydrogen) atoms. The van der Waals surface area contributed by atoms with Gasteiger partial charge in [0.05, 0.1) is 11.5 Å². The van der Waals surface area contributed by atoms with Crippen LogP contribution >= 0.6 is 11.6 Å². The summed E-state index contributed by atoms with van der Waals surface area (Å²) in [6.45, 7) is 5.65. The summed E-state index contributed by atoms with van der Waals surface area (Å²) in [5.74, 6) is 0.111. The van der Waals surface area contributed by atoms with Gasteiger partial charge in [0, 0.05) is 11.6 Å². The zero-order valence-corrected chi connectivity index (χ0v) is 11.6. The highest BCUT2D eigenvalue weighted by atomic mass is 35.5. The van der Waals surface area contributed by atoms with Gasteiger partial charge in [-0.05, 0) is 44.5 Å². The Bertz CT molecular complexity index is 441. The monoisotopic (exact) mass is 266 g/mol. The van der Waals surface area contributed by atoms with Gasteiger partial charge in [0.25, 0.3) is 0 Å². The molecular weight excluding hydrogens is 248 g/mol. The Kier molecular flexibility index (Phi) is 3.93. The largest absolute Gasteiger partial charge is 0.349 e. The second-order valence-corrected chi connectivity index (χ2v) is 5.67. The average molecular weight is 267 g/mol. The zero-order chi connectivity index (χ0) is 13.2. The van der Waals surface area contributed by atoms with Crippen LogP contribution < -0.4 is 10.6 Å². The van der Waals surface area contributed by atoms with E-state index in [4.69, 9.17) is 11.6 Å². The van der Waals surface area contributed by atoms with Gasteiger partial charge in [0.1, 0.15) is 0 Å². The van der Waals surface area contributed by atoms with E-state index in [1.807, 2.05) is 38.1 Å². The van der Waals surface area contributed by atoms with E-state index < -0.39 is 0 Å². The Morgan fingerprint density at radius 2 is 2.33 bits per heavy atom. The minimum Gasteiger partial charge on any atom is -0.349 e. The molecule has 1 aromatic rings. The highest BCUT2D eigenvalue weighted by Crippen LogP contribution is 2.26. The molecule has 0 radical (unpaired) electrons. The van der Waals surface area contributed by atoms with E-state index in [-0.39, 0.29) is 17.4 Å². The third-order valence-electron chi connectivity index (χ3n) is 3.61. The fraction of sp³-hybridized carbons (Fsp3) is 0.500. The van der Waals surface area contributed by atoms with E-state index in [1.54, 1.807) is 0 Å². The summed E-state index contributed by atoms with van der Waals surface area (Å²) in [7, 11) is 0. The molecule has 0 spiro atoms. The van der Waals surface area contributed by atoms with Gasteiger partial charge in [-0.15, -0.1) is 0 Å². The summed E-state index contributed by atoms with van der Waals surface area (Å²) in [5, 5.41) is 7.00. The lowest BCUT2D eigenvalue weighted by Gasteiger charge is -2.24. The standard InChI is InChI=1S/C14H19ClN2O/c1-10(11-4-3-5-12(15)8-11)17-13(18)14(2)6-7-16-9-14/h3-5,8,10,16H,6-7,9H2,1-2H3,(H,17,18). The zero-order valence-electron chi connectivity index (χ0n) is 10.8. The SMILES string of the molecule is CC(NC(=O)C1(C)CCNC1)c1cccc(Cl)c1. The van der Waals surface area contributed by atoms with Crippen molar-refractivity contribution in [1.82, 2.24) is 10.6 Å². The Labute approximate surface area is 113 Å². The molecule has 1 fully saturated rings. The van der Waals surface area contributed by atoms with Gasteiger partial charge in [0.15, 0.2) is 0 Å². The van der Waals surface area contributed by atoms with Gasteiger partial charge in [0.2, 0.25) is 5.91 Å². The molecule has 4 heteroatoms. The normalized spacial score (nSPS) is 24.8. The van der Waals surface area contributed by atoms with Crippen molar-refractivity contribution in [2.75, 3.05) is 13.1 Å². The van der Waals surface area contributed by atoms with Crippen LogP contribution in [0.3, 0.4) is 0 Å². The van der Waals surface area contributed by atoms with E-state index in [2.05, 4.69) is 10.6 Å². The van der Waals surface area contributed by atoms with Crippen LogP contribution in [-0.4, -0.2) is 19.0 Å². The number of rotatable bonds is 3. The summed E-state index contributed by atoms with van der Waals surface area (Å²) in [4.78, 5) is 12.3. The number of carbonyl (C=O) groups is 1. The molecule has 98 valence electrons. The molecule has 0 saturated carbocycles. The molecule has 1 saturated heterocycles. The first kappa shape index (κ1) is 13.4. The molecule has 2 N–H and O–H groups in total. The third-order valence-corrected chi connectivity index (χ3v) is 3.85. The van der Waals surface area contributed by atoms with Crippen LogP contribution in [-0.2, 0) is 4.79 Å². The van der Waals surface area contributed by atoms with E-state index >= 15 is 0 Å². The molecule has 3 nitrogen and oxygen atoms in total. The van der Waals surface area contributed by atoms with E-state index in [0.717, 1.165) is 25.1 Å². The number of hydrogen-bond acceptors (Lipinski definition) is 2. The van der Waals surface area contributed by atoms with Gasteiger partial charge in [-0.1, -0.05) is 23.7 Å². The number of amides is 1. The molecule has 1 heterocycles. The van der Waals surface area contributed by atoms with E-state index in [9.17, 15) is 4.79 Å².